The van der Waals surface area contributed by atoms with Gasteiger partial charge in [0.05, 0.1) is 16.6 Å². The molecule has 0 amide bonds. The van der Waals surface area contributed by atoms with Gasteiger partial charge in [0, 0.05) is 45.0 Å². The summed E-state index contributed by atoms with van der Waals surface area (Å²) in [5.74, 6) is 3.42. The summed E-state index contributed by atoms with van der Waals surface area (Å²) in [6, 6.07) is 58.0. The topological polar surface area (TPSA) is 52.8 Å². The zero-order valence-electron chi connectivity index (χ0n) is 34.1. The van der Waals surface area contributed by atoms with E-state index in [1.54, 1.807) is 6.08 Å². The van der Waals surface area contributed by atoms with E-state index in [2.05, 4.69) is 128 Å². The molecule has 0 saturated heterocycles. The highest BCUT2D eigenvalue weighted by molar-refractivity contribution is 6.13. The van der Waals surface area contributed by atoms with Crippen LogP contribution in [0.25, 0.3) is 78.1 Å². The molecule has 0 unspecified atom stereocenters. The zero-order valence-corrected chi connectivity index (χ0v) is 34.1. The summed E-state index contributed by atoms with van der Waals surface area (Å²) in [5, 5.41) is 2.43. The monoisotopic (exact) mass is 786 g/mol. The first-order valence-electron chi connectivity index (χ1n) is 20.9. The predicted octanol–water partition coefficient (Wildman–Crippen LogP) is 13.8. The molecule has 1 aliphatic carbocycles. The first-order valence-corrected chi connectivity index (χ1v) is 20.9. The summed E-state index contributed by atoms with van der Waals surface area (Å²) >= 11 is 0. The lowest BCUT2D eigenvalue weighted by Gasteiger charge is -2.24. The summed E-state index contributed by atoms with van der Waals surface area (Å²) in [4.78, 5) is 15.1. The average molecular weight is 787 g/mol. The van der Waals surface area contributed by atoms with Gasteiger partial charge in [0.2, 0.25) is 0 Å². The van der Waals surface area contributed by atoms with E-state index in [4.69, 9.17) is 19.7 Å². The molecule has 2 aromatic heterocycles. The highest BCUT2D eigenvalue weighted by atomic mass is 16.5. The lowest BCUT2D eigenvalue weighted by Crippen LogP contribution is -2.14. The Labute approximate surface area is 355 Å². The average Bonchev–Trinajstić information content (AvgIpc) is 3.75. The van der Waals surface area contributed by atoms with Crippen molar-refractivity contribution < 1.29 is 4.74 Å². The lowest BCUT2D eigenvalue weighted by atomic mass is 9.82. The van der Waals surface area contributed by atoms with Crippen LogP contribution in [0.4, 0.5) is 0 Å². The fourth-order valence-electron chi connectivity index (χ4n) is 9.36. The van der Waals surface area contributed by atoms with E-state index in [1.165, 1.54) is 49.6 Å². The summed E-state index contributed by atoms with van der Waals surface area (Å²) in [6.45, 7) is 8.69. The molecule has 0 fully saturated rings. The molecule has 5 nitrogen and oxygen atoms in total. The Balaban J connectivity index is 1.08. The number of aryl methyl sites for hydroxylation is 1. The number of rotatable bonds is 7. The minimum absolute atomic E-state index is 0.109. The van der Waals surface area contributed by atoms with Crippen LogP contribution in [0.3, 0.4) is 0 Å². The Morgan fingerprint density at radius 2 is 1.25 bits per heavy atom. The first-order chi connectivity index (χ1) is 30.0. The Morgan fingerprint density at radius 1 is 0.590 bits per heavy atom. The van der Waals surface area contributed by atoms with Crippen molar-refractivity contribution in [2.75, 3.05) is 0 Å². The molecule has 0 spiro atoms. The highest BCUT2D eigenvalue weighted by Gasteiger charge is 2.36. The minimum Gasteiger partial charge on any atom is -0.460 e. The van der Waals surface area contributed by atoms with E-state index in [0.29, 0.717) is 23.9 Å². The Bertz CT molecular complexity index is 3190. The number of allylic oxidation sites excluding steroid dienone is 5. The van der Waals surface area contributed by atoms with Gasteiger partial charge in [0.25, 0.3) is 0 Å². The molecule has 9 aromatic rings. The third-order valence-electron chi connectivity index (χ3n) is 12.4. The summed E-state index contributed by atoms with van der Waals surface area (Å²) in [6.07, 6.45) is 7.21. The van der Waals surface area contributed by atoms with Crippen molar-refractivity contribution in [3.8, 4) is 56.5 Å². The molecule has 0 saturated carbocycles. The van der Waals surface area contributed by atoms with E-state index in [1.807, 2.05) is 72.8 Å². The lowest BCUT2D eigenvalue weighted by molar-refractivity contribution is 0.382. The van der Waals surface area contributed by atoms with Crippen LogP contribution in [0.2, 0.25) is 0 Å². The van der Waals surface area contributed by atoms with E-state index < -0.39 is 0 Å². The van der Waals surface area contributed by atoms with Gasteiger partial charge >= 0.3 is 0 Å². The smallest absolute Gasteiger partial charge is 0.167 e. The maximum Gasteiger partial charge on any atom is 0.167 e. The molecule has 0 N–H and O–H groups in total. The van der Waals surface area contributed by atoms with Gasteiger partial charge in [-0.3, -0.25) is 0 Å². The number of aromatic nitrogens is 4. The van der Waals surface area contributed by atoms with Gasteiger partial charge in [-0.25, -0.2) is 15.0 Å². The third-order valence-corrected chi connectivity index (χ3v) is 12.4. The number of nitrogens with zero attached hydrogens (tertiary/aromatic N) is 4. The second kappa shape index (κ2) is 14.6. The molecule has 1 aliphatic heterocycles. The van der Waals surface area contributed by atoms with Crippen molar-refractivity contribution in [2.24, 2.45) is 0 Å². The standard InChI is InChI=1S/C56H42N4O/c1-4-5-25-43(55-58-53(37-18-9-6-10-19-37)57-54(59-55)38-20-11-7-12-21-38)51-32-30-36-22-17-27-41(52(36)61-51)39-29-31-49-45(33-39)46-34-44-42-26-15-16-28-47(42)56(2,3)48(44)35-50(46)60(49)40-23-13-8-14-24-40/h4-29,31,33-35H,1,30,32H2,2-3H3/b25-5-,51-43-. The number of hydrogen-bond acceptors (Lipinski definition) is 4. The Hall–Kier alpha value is -7.63. The molecule has 7 aromatic carbocycles. The normalized spacial score (nSPS) is 14.7. The molecule has 2 aliphatic rings. The number of ether oxygens (including phenoxy) is 1. The van der Waals surface area contributed by atoms with Gasteiger partial charge < -0.3 is 9.30 Å². The van der Waals surface area contributed by atoms with Crippen LogP contribution in [0.15, 0.2) is 194 Å². The van der Waals surface area contributed by atoms with Crippen molar-refractivity contribution in [1.82, 2.24) is 19.5 Å². The van der Waals surface area contributed by atoms with E-state index in [-0.39, 0.29) is 5.41 Å². The predicted molar refractivity (Wildman–Crippen MR) is 250 cm³/mol. The molecular weight excluding hydrogens is 745 g/mol. The summed E-state index contributed by atoms with van der Waals surface area (Å²) < 4.78 is 9.53. The van der Waals surface area contributed by atoms with E-state index in [0.717, 1.165) is 51.4 Å². The van der Waals surface area contributed by atoms with Crippen LogP contribution < -0.4 is 4.74 Å². The Morgan fingerprint density at radius 3 is 1.97 bits per heavy atom. The zero-order chi connectivity index (χ0) is 41.1. The van der Waals surface area contributed by atoms with E-state index >= 15 is 0 Å². The molecule has 61 heavy (non-hydrogen) atoms. The first kappa shape index (κ1) is 36.4. The maximum atomic E-state index is 7.11. The maximum absolute atomic E-state index is 7.11. The minimum atomic E-state index is -0.109. The summed E-state index contributed by atoms with van der Waals surface area (Å²) in [7, 11) is 0. The molecule has 0 atom stereocenters. The van der Waals surface area contributed by atoms with Gasteiger partial charge in [0.15, 0.2) is 17.5 Å². The Kier molecular flexibility index (Phi) is 8.71. The van der Waals surface area contributed by atoms with Crippen LogP contribution in [-0.2, 0) is 11.8 Å². The second-order valence-electron chi connectivity index (χ2n) is 16.4. The van der Waals surface area contributed by atoms with E-state index in [9.17, 15) is 0 Å². The second-order valence-corrected chi connectivity index (χ2v) is 16.4. The number of fused-ring (bicyclic) bond motifs is 7. The van der Waals surface area contributed by atoms with Gasteiger partial charge in [-0.15, -0.1) is 0 Å². The van der Waals surface area contributed by atoms with Crippen LogP contribution >= 0.6 is 0 Å². The molecule has 0 radical (unpaired) electrons. The molecule has 3 heterocycles. The molecule has 11 rings (SSSR count). The fraction of sp³-hybridized carbons (Fsp3) is 0.0893. The molecule has 292 valence electrons. The number of benzene rings is 7. The molecular formula is C56H42N4O. The van der Waals surface area contributed by atoms with Crippen LogP contribution in [-0.4, -0.2) is 19.5 Å². The van der Waals surface area contributed by atoms with Crippen LogP contribution in [0.5, 0.6) is 5.75 Å². The fourth-order valence-corrected chi connectivity index (χ4v) is 9.36. The molecule has 5 heteroatoms. The largest absolute Gasteiger partial charge is 0.460 e. The third kappa shape index (κ3) is 6.12. The number of para-hydroxylation sites is 2. The highest BCUT2D eigenvalue weighted by Crippen LogP contribution is 2.51. The van der Waals surface area contributed by atoms with Crippen LogP contribution in [0, 0.1) is 0 Å². The van der Waals surface area contributed by atoms with Gasteiger partial charge in [0.1, 0.15) is 11.5 Å². The van der Waals surface area contributed by atoms with Crippen molar-refractivity contribution in [2.45, 2.75) is 32.1 Å². The van der Waals surface area contributed by atoms with Crippen molar-refractivity contribution >= 4 is 27.4 Å². The summed E-state index contributed by atoms with van der Waals surface area (Å²) in [5.41, 5.74) is 14.7. The van der Waals surface area contributed by atoms with Gasteiger partial charge in [-0.2, -0.15) is 0 Å². The van der Waals surface area contributed by atoms with Gasteiger partial charge in [-0.05, 0) is 82.3 Å². The van der Waals surface area contributed by atoms with Crippen LogP contribution in [0.1, 0.15) is 42.8 Å². The van der Waals surface area contributed by atoms with Crippen molar-refractivity contribution in [1.29, 1.82) is 0 Å². The number of hydrogen-bond donors (Lipinski definition) is 0. The van der Waals surface area contributed by atoms with Crippen molar-refractivity contribution in [3.05, 3.63) is 217 Å². The van der Waals surface area contributed by atoms with Crippen molar-refractivity contribution in [3.63, 3.8) is 0 Å². The SMILES string of the molecule is C=C/C=C\C(=C1/CCc2cccc(-c3ccc4c(c3)c3cc5c(cc3n4-c3ccccc3)C(C)(C)c3ccccc3-5)c2O1)c1nc(-c2ccccc2)nc(-c2ccccc2)n1. The molecule has 0 bridgehead atoms. The van der Waals surface area contributed by atoms with Gasteiger partial charge in [-0.1, -0.05) is 160 Å². The quantitative estimate of drug-likeness (QED) is 0.151.